The first-order chi connectivity index (χ1) is 7.49. The Morgan fingerprint density at radius 2 is 1.88 bits per heavy atom. The van der Waals surface area contributed by atoms with Crippen molar-refractivity contribution in [1.82, 2.24) is 0 Å². The lowest BCUT2D eigenvalue weighted by atomic mass is 10.1. The maximum absolute atomic E-state index is 6.06. The zero-order chi connectivity index (χ0) is 12.9. The summed E-state index contributed by atoms with van der Waals surface area (Å²) in [7, 11) is 1.80. The summed E-state index contributed by atoms with van der Waals surface area (Å²) in [5.74, 6) is 0. The quantitative estimate of drug-likeness (QED) is 0.672. The van der Waals surface area contributed by atoms with Gasteiger partial charge in [-0.15, -0.1) is 0 Å². The minimum Gasteiger partial charge on any atom is -0.386 e. The summed E-state index contributed by atoms with van der Waals surface area (Å²) in [6, 6.07) is 1.77. The summed E-state index contributed by atoms with van der Waals surface area (Å²) in [4.78, 5) is 0. The van der Waals surface area contributed by atoms with Crippen molar-refractivity contribution in [1.29, 1.82) is 0 Å². The van der Waals surface area contributed by atoms with Crippen LogP contribution in [-0.4, -0.2) is 7.05 Å². The Morgan fingerprint density at radius 3 is 2.25 bits per heavy atom. The number of anilines is 1. The second-order valence-corrected chi connectivity index (χ2v) is 4.57. The number of nitrogens with one attached hydrogen (secondary N) is 1. The summed E-state index contributed by atoms with van der Waals surface area (Å²) >= 11 is 15.4. The Balaban J connectivity index is 0.00000106. The smallest absolute Gasteiger partial charge is 0.0830 e. The molecule has 0 radical (unpaired) electrons. The van der Waals surface area contributed by atoms with Gasteiger partial charge in [0.1, 0.15) is 0 Å². The maximum atomic E-state index is 6.06. The van der Waals surface area contributed by atoms with Crippen molar-refractivity contribution >= 4 is 50.4 Å². The molecule has 0 aliphatic heterocycles. The van der Waals surface area contributed by atoms with Gasteiger partial charge < -0.3 is 5.32 Å². The lowest BCUT2D eigenvalue weighted by Crippen LogP contribution is -1.96. The Bertz CT molecular complexity index is 389. The second-order valence-electron chi connectivity index (χ2n) is 2.93. The topological polar surface area (TPSA) is 12.0 Å². The van der Waals surface area contributed by atoms with Crippen molar-refractivity contribution in [2.24, 2.45) is 0 Å². The summed E-state index contributed by atoms with van der Waals surface area (Å²) in [6.07, 6.45) is 0. The first kappa shape index (κ1) is 15.8. The first-order valence-corrected chi connectivity index (χ1v) is 6.55. The van der Waals surface area contributed by atoms with Crippen LogP contribution in [0.3, 0.4) is 0 Å². The van der Waals surface area contributed by atoms with E-state index in [-0.39, 0.29) is 0 Å². The molecule has 4 heteroatoms. The highest BCUT2D eigenvalue weighted by molar-refractivity contribution is 9.10. The molecule has 1 nitrogen and oxygen atoms in total. The molecule has 0 aliphatic carbocycles. The second kappa shape index (κ2) is 7.21. The summed E-state index contributed by atoms with van der Waals surface area (Å²) in [5, 5.41) is 4.06. The van der Waals surface area contributed by atoms with Crippen LogP contribution < -0.4 is 5.32 Å². The van der Waals surface area contributed by atoms with Gasteiger partial charge in [0.05, 0.1) is 15.7 Å². The Morgan fingerprint density at radius 1 is 1.38 bits per heavy atom. The Labute approximate surface area is 116 Å². The van der Waals surface area contributed by atoms with Crippen molar-refractivity contribution in [2.45, 2.75) is 20.8 Å². The molecule has 0 aromatic heterocycles. The summed E-state index contributed by atoms with van der Waals surface area (Å²) in [5.41, 5.74) is 2.69. The van der Waals surface area contributed by atoms with E-state index in [1.54, 1.807) is 13.1 Å². The van der Waals surface area contributed by atoms with Gasteiger partial charge in [0, 0.05) is 17.1 Å². The first-order valence-electron chi connectivity index (χ1n) is 5.00. The molecule has 90 valence electrons. The third kappa shape index (κ3) is 3.41. The van der Waals surface area contributed by atoms with E-state index < -0.39 is 0 Å². The molecule has 0 aliphatic rings. The van der Waals surface area contributed by atoms with Crippen LogP contribution in [0.1, 0.15) is 26.3 Å². The van der Waals surface area contributed by atoms with Crippen LogP contribution in [0, 0.1) is 0 Å². The van der Waals surface area contributed by atoms with E-state index in [9.17, 15) is 0 Å². The Kier molecular flexibility index (Phi) is 7.12. The number of rotatable bonds is 2. The van der Waals surface area contributed by atoms with Crippen LogP contribution in [0.15, 0.2) is 17.1 Å². The standard InChI is InChI=1S/C10H10BrCl2N.C2H6/c1-5(2)8-6(11)4-7(12)9(13)10(8)14-3;1-2/h4,14H,1H2,2-3H3;1-2H3. The molecule has 0 saturated carbocycles. The van der Waals surface area contributed by atoms with Crippen LogP contribution in [0.4, 0.5) is 5.69 Å². The molecule has 0 fully saturated rings. The summed E-state index contributed by atoms with van der Waals surface area (Å²) < 4.78 is 0.892. The molecule has 0 saturated heterocycles. The maximum Gasteiger partial charge on any atom is 0.0830 e. The molecular formula is C12H16BrCl2N. The van der Waals surface area contributed by atoms with E-state index in [1.807, 2.05) is 20.8 Å². The number of benzene rings is 1. The highest BCUT2D eigenvalue weighted by atomic mass is 79.9. The monoisotopic (exact) mass is 323 g/mol. The average molecular weight is 325 g/mol. The molecule has 1 rings (SSSR count). The van der Waals surface area contributed by atoms with Gasteiger partial charge in [-0.25, -0.2) is 0 Å². The fraction of sp³-hybridized carbons (Fsp3) is 0.333. The third-order valence-electron chi connectivity index (χ3n) is 1.85. The van der Waals surface area contributed by atoms with E-state index in [2.05, 4.69) is 27.8 Å². The van der Waals surface area contributed by atoms with E-state index >= 15 is 0 Å². The van der Waals surface area contributed by atoms with Crippen molar-refractivity contribution in [3.8, 4) is 0 Å². The Hall–Kier alpha value is -0.180. The van der Waals surface area contributed by atoms with Crippen LogP contribution in [0.5, 0.6) is 0 Å². The van der Waals surface area contributed by atoms with Crippen molar-refractivity contribution < 1.29 is 0 Å². The SMILES string of the molecule is C=C(C)c1c(Br)cc(Cl)c(Cl)c1NC.CC. The van der Waals surface area contributed by atoms with Crippen LogP contribution in [0.2, 0.25) is 10.0 Å². The molecule has 0 unspecified atom stereocenters. The zero-order valence-corrected chi connectivity index (χ0v) is 13.0. The molecule has 0 heterocycles. The normalized spacial score (nSPS) is 9.19. The zero-order valence-electron chi connectivity index (χ0n) is 9.92. The molecule has 0 spiro atoms. The van der Waals surface area contributed by atoms with Crippen LogP contribution in [-0.2, 0) is 0 Å². The largest absolute Gasteiger partial charge is 0.386 e. The van der Waals surface area contributed by atoms with Gasteiger partial charge in [-0.1, -0.05) is 59.6 Å². The van der Waals surface area contributed by atoms with Gasteiger partial charge in [-0.2, -0.15) is 0 Å². The van der Waals surface area contributed by atoms with Gasteiger partial charge in [0.25, 0.3) is 0 Å². The van der Waals surface area contributed by atoms with Gasteiger partial charge in [0.2, 0.25) is 0 Å². The minimum absolute atomic E-state index is 0.521. The molecule has 1 aromatic carbocycles. The average Bonchev–Trinajstić information content (AvgIpc) is 2.25. The molecule has 0 atom stereocenters. The molecule has 16 heavy (non-hydrogen) atoms. The van der Waals surface area contributed by atoms with Gasteiger partial charge in [-0.05, 0) is 18.6 Å². The van der Waals surface area contributed by atoms with Crippen molar-refractivity contribution in [3.05, 3.63) is 32.7 Å². The lowest BCUT2D eigenvalue weighted by molar-refractivity contribution is 1.45. The lowest BCUT2D eigenvalue weighted by Gasteiger charge is -2.14. The number of hydrogen-bond donors (Lipinski definition) is 1. The third-order valence-corrected chi connectivity index (χ3v) is 3.26. The van der Waals surface area contributed by atoms with E-state index in [1.165, 1.54) is 0 Å². The fourth-order valence-corrected chi connectivity index (χ4v) is 2.59. The van der Waals surface area contributed by atoms with Gasteiger partial charge in [0.15, 0.2) is 0 Å². The van der Waals surface area contributed by atoms with Gasteiger partial charge >= 0.3 is 0 Å². The van der Waals surface area contributed by atoms with E-state index in [0.29, 0.717) is 10.0 Å². The molecular weight excluding hydrogens is 309 g/mol. The van der Waals surface area contributed by atoms with E-state index in [0.717, 1.165) is 21.3 Å². The number of halogens is 3. The molecule has 1 aromatic rings. The van der Waals surface area contributed by atoms with Gasteiger partial charge in [-0.3, -0.25) is 0 Å². The molecule has 1 N–H and O–H groups in total. The minimum atomic E-state index is 0.521. The van der Waals surface area contributed by atoms with Crippen molar-refractivity contribution in [2.75, 3.05) is 12.4 Å². The van der Waals surface area contributed by atoms with E-state index in [4.69, 9.17) is 23.2 Å². The number of hydrogen-bond acceptors (Lipinski definition) is 1. The molecule has 0 amide bonds. The predicted molar refractivity (Wildman–Crippen MR) is 79.8 cm³/mol. The highest BCUT2D eigenvalue weighted by Crippen LogP contribution is 2.40. The predicted octanol–water partition coefficient (Wildman–Crippen LogP) is 5.86. The van der Waals surface area contributed by atoms with Crippen LogP contribution >= 0.6 is 39.1 Å². The van der Waals surface area contributed by atoms with Crippen LogP contribution in [0.25, 0.3) is 5.57 Å². The van der Waals surface area contributed by atoms with Crippen molar-refractivity contribution in [3.63, 3.8) is 0 Å². The number of allylic oxidation sites excluding steroid dienone is 1. The fourth-order valence-electron chi connectivity index (χ4n) is 1.25. The summed E-state index contributed by atoms with van der Waals surface area (Å²) in [6.45, 7) is 9.82. The highest BCUT2D eigenvalue weighted by Gasteiger charge is 2.13. The molecule has 0 bridgehead atoms.